The van der Waals surface area contributed by atoms with E-state index in [1.165, 1.54) is 6.42 Å². The summed E-state index contributed by atoms with van der Waals surface area (Å²) in [6.45, 7) is 2.05. The van der Waals surface area contributed by atoms with Gasteiger partial charge in [0.2, 0.25) is 0 Å². The summed E-state index contributed by atoms with van der Waals surface area (Å²) in [6.07, 6.45) is 13.0. The molecule has 0 N–H and O–H groups in total. The van der Waals surface area contributed by atoms with Gasteiger partial charge in [0, 0.05) is 19.3 Å². The van der Waals surface area contributed by atoms with Crippen LogP contribution in [0.4, 0.5) is 0 Å². The maximum absolute atomic E-state index is 11.1. The summed E-state index contributed by atoms with van der Waals surface area (Å²) in [6, 6.07) is 0. The summed E-state index contributed by atoms with van der Waals surface area (Å²) in [7, 11) is 0. The number of unbranched alkanes of at least 4 members (excludes halogenated alkanes) is 4. The summed E-state index contributed by atoms with van der Waals surface area (Å²) in [5.74, 6) is 3.04. The second kappa shape index (κ2) is 9.32. The van der Waals surface area contributed by atoms with Crippen LogP contribution < -0.4 is 0 Å². The summed E-state index contributed by atoms with van der Waals surface area (Å²) < 4.78 is 0. The molecule has 0 aromatic heterocycles. The van der Waals surface area contributed by atoms with Gasteiger partial charge in [-0.05, 0) is 19.3 Å². The average Bonchev–Trinajstić information content (AvgIpc) is 2.11. The minimum absolute atomic E-state index is 0.416. The number of ketones is 1. The summed E-state index contributed by atoms with van der Waals surface area (Å²) in [5.41, 5.74) is 0. The van der Waals surface area contributed by atoms with Crippen LogP contribution in [-0.2, 0) is 4.79 Å². The largest absolute Gasteiger partial charge is 0.300 e. The van der Waals surface area contributed by atoms with Gasteiger partial charge < -0.3 is 0 Å². The van der Waals surface area contributed by atoms with Gasteiger partial charge in [-0.1, -0.05) is 19.8 Å². The smallest absolute Gasteiger partial charge is 0.132 e. The Morgan fingerprint density at radius 1 is 1.15 bits per heavy atom. The van der Waals surface area contributed by atoms with Crippen LogP contribution in [0.15, 0.2) is 0 Å². The first-order chi connectivity index (χ1) is 6.31. The Kier molecular flexibility index (Phi) is 8.77. The van der Waals surface area contributed by atoms with Crippen LogP contribution in [0, 0.1) is 12.3 Å². The molecule has 0 radical (unpaired) electrons. The molecule has 0 spiro atoms. The van der Waals surface area contributed by atoms with E-state index >= 15 is 0 Å². The van der Waals surface area contributed by atoms with E-state index in [0.717, 1.165) is 44.9 Å². The van der Waals surface area contributed by atoms with E-state index in [4.69, 9.17) is 6.42 Å². The van der Waals surface area contributed by atoms with Gasteiger partial charge in [0.05, 0.1) is 0 Å². The number of hydrogen-bond donors (Lipinski definition) is 0. The molecule has 1 nitrogen and oxygen atoms in total. The Morgan fingerprint density at radius 2 is 1.85 bits per heavy atom. The first-order valence-electron chi connectivity index (χ1n) is 5.26. The SMILES string of the molecule is C#CCCCCCCC(=O)CCC. The summed E-state index contributed by atoms with van der Waals surface area (Å²) in [4.78, 5) is 11.1. The van der Waals surface area contributed by atoms with Crippen molar-refractivity contribution in [1.82, 2.24) is 0 Å². The van der Waals surface area contributed by atoms with Crippen molar-refractivity contribution < 1.29 is 4.79 Å². The van der Waals surface area contributed by atoms with Crippen molar-refractivity contribution in [3.63, 3.8) is 0 Å². The normalized spacial score (nSPS) is 9.54. The van der Waals surface area contributed by atoms with Gasteiger partial charge in [-0.15, -0.1) is 12.3 Å². The van der Waals surface area contributed by atoms with Gasteiger partial charge in [-0.2, -0.15) is 0 Å². The van der Waals surface area contributed by atoms with E-state index in [0.29, 0.717) is 5.78 Å². The van der Waals surface area contributed by atoms with E-state index in [1.54, 1.807) is 0 Å². The third-order valence-electron chi connectivity index (χ3n) is 2.06. The van der Waals surface area contributed by atoms with Crippen LogP contribution in [0.5, 0.6) is 0 Å². The Hall–Kier alpha value is -0.770. The number of rotatable bonds is 8. The number of carbonyl (C=O) groups is 1. The van der Waals surface area contributed by atoms with Crippen LogP contribution in [0.25, 0.3) is 0 Å². The molecule has 0 aliphatic heterocycles. The van der Waals surface area contributed by atoms with Crippen molar-refractivity contribution >= 4 is 5.78 Å². The molecule has 0 atom stereocenters. The van der Waals surface area contributed by atoms with Gasteiger partial charge >= 0.3 is 0 Å². The highest BCUT2D eigenvalue weighted by Gasteiger charge is 1.98. The van der Waals surface area contributed by atoms with Crippen LogP contribution in [0.3, 0.4) is 0 Å². The lowest BCUT2D eigenvalue weighted by Gasteiger charge is -1.98. The van der Waals surface area contributed by atoms with Crippen LogP contribution in [0.2, 0.25) is 0 Å². The second-order valence-corrected chi connectivity index (χ2v) is 3.41. The monoisotopic (exact) mass is 180 g/mol. The Balaban J connectivity index is 3.07. The Labute approximate surface area is 81.9 Å². The van der Waals surface area contributed by atoms with Gasteiger partial charge in [0.25, 0.3) is 0 Å². The molecule has 0 rings (SSSR count). The predicted octanol–water partition coefficient (Wildman–Crippen LogP) is 3.33. The number of hydrogen-bond acceptors (Lipinski definition) is 1. The molecule has 0 aromatic rings. The van der Waals surface area contributed by atoms with E-state index in [-0.39, 0.29) is 0 Å². The summed E-state index contributed by atoms with van der Waals surface area (Å²) in [5, 5.41) is 0. The van der Waals surface area contributed by atoms with Crippen molar-refractivity contribution in [2.24, 2.45) is 0 Å². The third-order valence-corrected chi connectivity index (χ3v) is 2.06. The van der Waals surface area contributed by atoms with Crippen LogP contribution in [-0.4, -0.2) is 5.78 Å². The molecule has 0 saturated heterocycles. The van der Waals surface area contributed by atoms with Crippen molar-refractivity contribution in [2.45, 2.75) is 58.3 Å². The quantitative estimate of drug-likeness (QED) is 0.413. The molecule has 13 heavy (non-hydrogen) atoms. The highest BCUT2D eigenvalue weighted by molar-refractivity contribution is 5.78. The molecule has 0 aromatic carbocycles. The molecule has 0 aliphatic carbocycles. The molecule has 1 heteroatoms. The molecule has 0 saturated carbocycles. The first-order valence-corrected chi connectivity index (χ1v) is 5.26. The fraction of sp³-hybridized carbons (Fsp3) is 0.750. The third kappa shape index (κ3) is 9.14. The lowest BCUT2D eigenvalue weighted by molar-refractivity contribution is -0.119. The molecule has 0 unspecified atom stereocenters. The fourth-order valence-electron chi connectivity index (χ4n) is 1.31. The van der Waals surface area contributed by atoms with Crippen molar-refractivity contribution in [3.8, 4) is 12.3 Å². The molecular weight excluding hydrogens is 160 g/mol. The minimum Gasteiger partial charge on any atom is -0.300 e. The van der Waals surface area contributed by atoms with Gasteiger partial charge in [-0.3, -0.25) is 4.79 Å². The number of carbonyl (C=O) groups excluding carboxylic acids is 1. The lowest BCUT2D eigenvalue weighted by Crippen LogP contribution is -1.95. The van der Waals surface area contributed by atoms with Crippen molar-refractivity contribution in [2.75, 3.05) is 0 Å². The summed E-state index contributed by atoms with van der Waals surface area (Å²) >= 11 is 0. The Bertz CT molecular complexity index is 164. The number of Topliss-reactive ketones (excluding diaryl/α,β-unsaturated/α-hetero) is 1. The maximum atomic E-state index is 11.1. The number of terminal acetylenes is 1. The molecule has 74 valence electrons. The zero-order valence-electron chi connectivity index (χ0n) is 8.64. The van der Waals surface area contributed by atoms with Gasteiger partial charge in [0.15, 0.2) is 0 Å². The van der Waals surface area contributed by atoms with Crippen molar-refractivity contribution in [3.05, 3.63) is 0 Å². The highest BCUT2D eigenvalue weighted by Crippen LogP contribution is 2.06. The van der Waals surface area contributed by atoms with Crippen molar-refractivity contribution in [1.29, 1.82) is 0 Å². The molecule has 0 amide bonds. The molecule has 0 heterocycles. The zero-order valence-corrected chi connectivity index (χ0v) is 8.64. The van der Waals surface area contributed by atoms with E-state index < -0.39 is 0 Å². The van der Waals surface area contributed by atoms with E-state index in [2.05, 4.69) is 5.92 Å². The van der Waals surface area contributed by atoms with E-state index in [1.807, 2.05) is 6.92 Å². The molecular formula is C12H20O. The van der Waals surface area contributed by atoms with Gasteiger partial charge in [-0.25, -0.2) is 0 Å². The van der Waals surface area contributed by atoms with Crippen LogP contribution in [0.1, 0.15) is 58.3 Å². The molecule has 0 aliphatic rings. The maximum Gasteiger partial charge on any atom is 0.132 e. The topological polar surface area (TPSA) is 17.1 Å². The molecule has 0 fully saturated rings. The Morgan fingerprint density at radius 3 is 2.46 bits per heavy atom. The van der Waals surface area contributed by atoms with Gasteiger partial charge in [0.1, 0.15) is 5.78 Å². The minimum atomic E-state index is 0.416. The lowest BCUT2D eigenvalue weighted by atomic mass is 10.1. The van der Waals surface area contributed by atoms with Crippen LogP contribution >= 0.6 is 0 Å². The highest BCUT2D eigenvalue weighted by atomic mass is 16.1. The first kappa shape index (κ1) is 12.2. The predicted molar refractivity (Wildman–Crippen MR) is 56.5 cm³/mol. The average molecular weight is 180 g/mol. The molecule has 0 bridgehead atoms. The zero-order chi connectivity index (χ0) is 9.94. The fourth-order valence-corrected chi connectivity index (χ4v) is 1.31. The second-order valence-electron chi connectivity index (χ2n) is 3.41. The van der Waals surface area contributed by atoms with E-state index in [9.17, 15) is 4.79 Å². The standard InChI is InChI=1S/C12H20O/c1-3-5-6-7-8-9-11-12(13)10-4-2/h1H,4-11H2,2H3.